The van der Waals surface area contributed by atoms with Gasteiger partial charge in [0, 0.05) is 55.7 Å². The fourth-order valence-electron chi connectivity index (χ4n) is 5.78. The van der Waals surface area contributed by atoms with E-state index in [2.05, 4.69) is 97.1 Å². The number of methoxy groups -OCH3 is 1. The van der Waals surface area contributed by atoms with Gasteiger partial charge in [0.05, 0.1) is 13.7 Å². The lowest BCUT2D eigenvalue weighted by Crippen LogP contribution is -2.48. The summed E-state index contributed by atoms with van der Waals surface area (Å²) in [5, 5.41) is 13.8. The van der Waals surface area contributed by atoms with Gasteiger partial charge in [-0.05, 0) is 33.2 Å². The number of tetrazole rings is 1. The first-order valence-corrected chi connectivity index (χ1v) is 14.3. The highest BCUT2D eigenvalue weighted by atomic mass is 16.5. The van der Waals surface area contributed by atoms with Crippen molar-refractivity contribution in [1.82, 2.24) is 35.0 Å². The Labute approximate surface area is 245 Å². The lowest BCUT2D eigenvalue weighted by atomic mass is 10.0. The Morgan fingerprint density at radius 1 is 1.02 bits per heavy atom. The second kappa shape index (κ2) is 12.9. The molecule has 2 unspecified atom stereocenters. The second-order valence-corrected chi connectivity index (χ2v) is 10.6. The molecule has 42 heavy (non-hydrogen) atoms. The van der Waals surface area contributed by atoms with Gasteiger partial charge < -0.3 is 9.72 Å². The maximum atomic E-state index is 13.1. The number of aromatic nitrogens is 5. The topological polar surface area (TPSA) is 92.2 Å². The second-order valence-electron chi connectivity index (χ2n) is 10.6. The SMILES string of the molecule is COC(=O)C(Cc1c[nH]c2ccccc12)n1nnnc1CN1CCN(CC=Cc2ccccc2)CC1c1ccccc1. The van der Waals surface area contributed by atoms with Crippen LogP contribution in [0.1, 0.15) is 34.6 Å². The van der Waals surface area contributed by atoms with Gasteiger partial charge in [0.2, 0.25) is 0 Å². The minimum Gasteiger partial charge on any atom is -0.467 e. The average Bonchev–Trinajstić information content (AvgIpc) is 3.68. The number of rotatable bonds is 10. The Hall–Kier alpha value is -4.60. The molecule has 0 spiro atoms. The molecule has 3 aromatic carbocycles. The Kier molecular flexibility index (Phi) is 8.48. The number of ether oxygens (including phenoxy) is 1. The monoisotopic (exact) mass is 561 g/mol. The van der Waals surface area contributed by atoms with E-state index in [9.17, 15) is 4.79 Å². The minimum absolute atomic E-state index is 0.153. The summed E-state index contributed by atoms with van der Waals surface area (Å²) in [4.78, 5) is 21.3. The number of piperazine rings is 1. The van der Waals surface area contributed by atoms with E-state index < -0.39 is 6.04 Å². The number of aromatic amines is 1. The Bertz CT molecular complexity index is 1630. The Morgan fingerprint density at radius 2 is 1.79 bits per heavy atom. The summed E-state index contributed by atoms with van der Waals surface area (Å²) in [5.74, 6) is 0.270. The number of carbonyl (C=O) groups excluding carboxylic acids is 1. The third-order valence-electron chi connectivity index (χ3n) is 8.00. The van der Waals surface area contributed by atoms with Crippen LogP contribution in [-0.2, 0) is 22.5 Å². The molecule has 2 atom stereocenters. The first-order chi connectivity index (χ1) is 20.7. The van der Waals surface area contributed by atoms with Gasteiger partial charge in [-0.2, -0.15) is 0 Å². The predicted octanol–water partition coefficient (Wildman–Crippen LogP) is 4.68. The summed E-state index contributed by atoms with van der Waals surface area (Å²) in [7, 11) is 1.41. The van der Waals surface area contributed by atoms with Crippen molar-refractivity contribution in [3.63, 3.8) is 0 Å². The number of fused-ring (bicyclic) bond motifs is 1. The molecule has 1 aliphatic heterocycles. The number of nitrogens with one attached hydrogen (secondary N) is 1. The van der Waals surface area contributed by atoms with E-state index in [1.54, 1.807) is 4.68 Å². The maximum Gasteiger partial charge on any atom is 0.331 e. The molecule has 2 aromatic heterocycles. The molecule has 1 fully saturated rings. The first-order valence-electron chi connectivity index (χ1n) is 14.3. The fourth-order valence-corrected chi connectivity index (χ4v) is 5.78. The summed E-state index contributed by atoms with van der Waals surface area (Å²) in [5.41, 5.74) is 4.49. The standard InChI is InChI=1S/C33H35N7O2/c1-42-33(41)30(21-27-22-34-29-17-9-8-16-28(27)29)40-32(35-36-37-40)24-39-20-19-38(18-10-13-25-11-4-2-5-12-25)23-31(39)26-14-6-3-7-15-26/h2-17,22,30-31,34H,18-21,23-24H2,1H3. The molecule has 1 aliphatic rings. The van der Waals surface area contributed by atoms with Gasteiger partial charge in [-0.15, -0.1) is 5.10 Å². The smallest absolute Gasteiger partial charge is 0.331 e. The van der Waals surface area contributed by atoms with Crippen molar-refractivity contribution in [3.8, 4) is 0 Å². The van der Waals surface area contributed by atoms with Gasteiger partial charge in [-0.3, -0.25) is 9.80 Å². The highest BCUT2D eigenvalue weighted by Gasteiger charge is 2.32. The molecule has 0 bridgehead atoms. The van der Waals surface area contributed by atoms with Gasteiger partial charge in [-0.1, -0.05) is 91.0 Å². The molecule has 0 aliphatic carbocycles. The van der Waals surface area contributed by atoms with Crippen LogP contribution in [0.25, 0.3) is 17.0 Å². The molecule has 0 radical (unpaired) electrons. The van der Waals surface area contributed by atoms with E-state index in [4.69, 9.17) is 4.74 Å². The molecule has 1 saturated heterocycles. The summed E-state index contributed by atoms with van der Waals surface area (Å²) < 4.78 is 6.87. The summed E-state index contributed by atoms with van der Waals surface area (Å²) in [6.45, 7) is 4.03. The van der Waals surface area contributed by atoms with E-state index in [-0.39, 0.29) is 12.0 Å². The Morgan fingerprint density at radius 3 is 2.60 bits per heavy atom. The van der Waals surface area contributed by atoms with Crippen LogP contribution in [0.3, 0.4) is 0 Å². The number of carbonyl (C=O) groups is 1. The summed E-state index contributed by atoms with van der Waals surface area (Å²) in [6.07, 6.45) is 6.78. The molecular weight excluding hydrogens is 526 g/mol. The van der Waals surface area contributed by atoms with Crippen molar-refractivity contribution in [1.29, 1.82) is 0 Å². The number of para-hydroxylation sites is 1. The number of hydrogen-bond donors (Lipinski definition) is 1. The van der Waals surface area contributed by atoms with Crippen molar-refractivity contribution >= 4 is 22.9 Å². The number of esters is 1. The molecule has 3 heterocycles. The predicted molar refractivity (Wildman–Crippen MR) is 162 cm³/mol. The molecule has 9 nitrogen and oxygen atoms in total. The third-order valence-corrected chi connectivity index (χ3v) is 8.00. The van der Waals surface area contributed by atoms with Gasteiger partial charge in [0.25, 0.3) is 0 Å². The fraction of sp³-hybridized carbons (Fsp3) is 0.273. The van der Waals surface area contributed by atoms with Gasteiger partial charge >= 0.3 is 5.97 Å². The van der Waals surface area contributed by atoms with Crippen LogP contribution in [0.4, 0.5) is 0 Å². The highest BCUT2D eigenvalue weighted by molar-refractivity contribution is 5.84. The van der Waals surface area contributed by atoms with Crippen LogP contribution in [0.5, 0.6) is 0 Å². The van der Waals surface area contributed by atoms with Crippen LogP contribution in [0.15, 0.2) is 97.2 Å². The minimum atomic E-state index is -0.682. The quantitative estimate of drug-likeness (QED) is 0.248. The lowest BCUT2D eigenvalue weighted by molar-refractivity contribution is -0.145. The van der Waals surface area contributed by atoms with Crippen molar-refractivity contribution in [2.24, 2.45) is 0 Å². The zero-order valence-corrected chi connectivity index (χ0v) is 23.7. The average molecular weight is 562 g/mol. The van der Waals surface area contributed by atoms with Crippen LogP contribution in [-0.4, -0.2) is 74.2 Å². The van der Waals surface area contributed by atoms with E-state index in [0.29, 0.717) is 18.8 Å². The molecule has 0 amide bonds. The zero-order chi connectivity index (χ0) is 28.7. The van der Waals surface area contributed by atoms with E-state index in [0.717, 1.165) is 42.6 Å². The van der Waals surface area contributed by atoms with E-state index in [1.807, 2.05) is 36.5 Å². The first kappa shape index (κ1) is 27.6. The summed E-state index contributed by atoms with van der Waals surface area (Å²) >= 11 is 0. The van der Waals surface area contributed by atoms with Crippen molar-refractivity contribution in [2.75, 3.05) is 33.3 Å². The maximum absolute atomic E-state index is 13.1. The van der Waals surface area contributed by atoms with Gasteiger partial charge in [-0.25, -0.2) is 9.48 Å². The van der Waals surface area contributed by atoms with E-state index >= 15 is 0 Å². The molecule has 214 valence electrons. The number of nitrogens with zero attached hydrogens (tertiary/aromatic N) is 6. The molecule has 6 rings (SSSR count). The number of benzene rings is 3. The molecule has 9 heteroatoms. The molecule has 0 saturated carbocycles. The lowest BCUT2D eigenvalue weighted by Gasteiger charge is -2.41. The Balaban J connectivity index is 1.22. The molecular formula is C33H35N7O2. The molecule has 1 N–H and O–H groups in total. The number of H-pyrrole nitrogens is 1. The van der Waals surface area contributed by atoms with Crippen molar-refractivity contribution < 1.29 is 9.53 Å². The summed E-state index contributed by atoms with van der Waals surface area (Å²) in [6, 6.07) is 28.5. The van der Waals surface area contributed by atoms with Crippen LogP contribution in [0, 0.1) is 0 Å². The van der Waals surface area contributed by atoms with Crippen molar-refractivity contribution in [3.05, 3.63) is 120 Å². The van der Waals surface area contributed by atoms with E-state index in [1.165, 1.54) is 18.2 Å². The van der Waals surface area contributed by atoms with Crippen LogP contribution in [0.2, 0.25) is 0 Å². The third kappa shape index (κ3) is 6.17. The number of hydrogen-bond acceptors (Lipinski definition) is 7. The van der Waals surface area contributed by atoms with Crippen molar-refractivity contribution in [2.45, 2.75) is 25.0 Å². The normalized spacial score (nSPS) is 17.1. The highest BCUT2D eigenvalue weighted by Crippen LogP contribution is 2.28. The van der Waals surface area contributed by atoms with Crippen LogP contribution < -0.4 is 0 Å². The van der Waals surface area contributed by atoms with Gasteiger partial charge in [0.1, 0.15) is 0 Å². The van der Waals surface area contributed by atoms with Gasteiger partial charge in [0.15, 0.2) is 11.9 Å². The largest absolute Gasteiger partial charge is 0.467 e. The van der Waals surface area contributed by atoms with Crippen LogP contribution >= 0.6 is 0 Å². The zero-order valence-electron chi connectivity index (χ0n) is 23.7. The molecule has 5 aromatic rings.